The number of hydrogen-bond donors (Lipinski definition) is 3. The molecule has 3 N–H and O–H groups in total. The lowest BCUT2D eigenvalue weighted by Gasteiger charge is -2.29. The van der Waals surface area contributed by atoms with Crippen molar-refractivity contribution in [3.8, 4) is 11.5 Å². The van der Waals surface area contributed by atoms with Crippen molar-refractivity contribution < 1.29 is 89.6 Å². The molecule has 1 aliphatic heterocycles. The second kappa shape index (κ2) is 34.8. The maximum Gasteiger partial charge on any atom is 0.416 e. The molecule has 1 aromatic heterocycles. The summed E-state index contributed by atoms with van der Waals surface area (Å²) in [5.41, 5.74) is 0.340. The number of rotatable bonds is 19. The molecule has 1 saturated heterocycles. The number of hydrogen-bond acceptors (Lipinski definition) is 16. The van der Waals surface area contributed by atoms with Gasteiger partial charge < -0.3 is 52.5 Å². The van der Waals surface area contributed by atoms with Gasteiger partial charge in [-0.05, 0) is 92.0 Å². The molecule has 1 fully saturated rings. The van der Waals surface area contributed by atoms with E-state index in [2.05, 4.69) is 37.4 Å². The molecular formula is C49H62Cl4F3N4O17PS. The first-order valence-corrected chi connectivity index (χ1v) is 29.2. The highest BCUT2D eigenvalue weighted by molar-refractivity contribution is 7.94. The molecule has 2 atom stereocenters. The van der Waals surface area contributed by atoms with Crippen LogP contribution in [0.3, 0.4) is 0 Å². The largest absolute Gasteiger partial charge is 0.778 e. The summed E-state index contributed by atoms with van der Waals surface area (Å²) in [6.07, 6.45) is 4.31. The van der Waals surface area contributed by atoms with Crippen LogP contribution in [0.15, 0.2) is 77.4 Å². The fourth-order valence-electron chi connectivity index (χ4n) is 6.45. The van der Waals surface area contributed by atoms with Crippen molar-refractivity contribution in [2.75, 3.05) is 76.0 Å². The zero-order valence-corrected chi connectivity index (χ0v) is 49.0. The molecule has 5 rings (SSSR count). The van der Waals surface area contributed by atoms with E-state index in [1.165, 1.54) is 11.8 Å². The Bertz CT molecular complexity index is 2640. The molecule has 2 heterocycles. The number of furan rings is 1. The maximum atomic E-state index is 12.7. The molecule has 4 aromatic rings. The van der Waals surface area contributed by atoms with E-state index < -0.39 is 83.4 Å². The van der Waals surface area contributed by atoms with Crippen LogP contribution in [0, 0.1) is 10.1 Å². The van der Waals surface area contributed by atoms with E-state index in [4.69, 9.17) is 79.8 Å². The number of amides is 2. The van der Waals surface area contributed by atoms with Crippen molar-refractivity contribution in [3.63, 3.8) is 0 Å². The number of methoxy groups -OCH3 is 1. The number of ether oxygens (including phenoxy) is 5. The Balaban J connectivity index is 0.000000548. The third kappa shape index (κ3) is 25.9. The molecule has 30 heteroatoms. The summed E-state index contributed by atoms with van der Waals surface area (Å²) in [4.78, 5) is 87.4. The number of aliphatic carboxylic acids is 1. The Labute approximate surface area is 477 Å². The quantitative estimate of drug-likeness (QED) is 0.0150. The minimum Gasteiger partial charge on any atom is -0.778 e. The minimum absolute atomic E-state index is 0.0371. The van der Waals surface area contributed by atoms with Crippen molar-refractivity contribution in [2.24, 2.45) is 0 Å². The van der Waals surface area contributed by atoms with Gasteiger partial charge in [-0.15, -0.1) is 11.6 Å². The molecule has 440 valence electrons. The molecule has 79 heavy (non-hydrogen) atoms. The van der Waals surface area contributed by atoms with Crippen LogP contribution in [0.5, 0.6) is 11.5 Å². The Morgan fingerprint density at radius 3 is 2.06 bits per heavy atom. The number of carboxylic acid groups (broad SMARTS) is 1. The fraction of sp³-hybridized carbons (Fsp3) is 0.449. The number of nitro benzene ring substituents is 1. The Hall–Kier alpha value is -5.18. The summed E-state index contributed by atoms with van der Waals surface area (Å²) in [6.45, 7) is 8.71. The summed E-state index contributed by atoms with van der Waals surface area (Å²) in [5.74, 6) is -3.36. The van der Waals surface area contributed by atoms with Crippen molar-refractivity contribution in [1.29, 1.82) is 0 Å². The topological polar surface area (TPSA) is 287 Å². The minimum atomic E-state index is -4.61. The number of carbonyl (C=O) groups excluding carboxylic acids is 4. The summed E-state index contributed by atoms with van der Waals surface area (Å²) in [7, 11) is -2.13. The summed E-state index contributed by atoms with van der Waals surface area (Å²) >= 11 is 22.7. The Morgan fingerprint density at radius 2 is 1.61 bits per heavy atom. The third-order valence-electron chi connectivity index (χ3n) is 9.74. The number of nitrogens with one attached hydrogen (secondary N) is 1. The average Bonchev–Trinajstić information content (AvgIpc) is 4.03. The number of benzene rings is 3. The van der Waals surface area contributed by atoms with Gasteiger partial charge in [0.15, 0.2) is 11.4 Å². The molecule has 0 aliphatic carbocycles. The summed E-state index contributed by atoms with van der Waals surface area (Å²) in [5, 5.41) is 20.8. The molecule has 3 aromatic carbocycles. The number of nitrogens with zero attached hydrogens (tertiary/aromatic N) is 3. The zero-order valence-electron chi connectivity index (χ0n) is 44.3. The van der Waals surface area contributed by atoms with Gasteiger partial charge in [-0.25, -0.2) is 9.59 Å². The molecule has 1 aliphatic rings. The van der Waals surface area contributed by atoms with Gasteiger partial charge in [-0.2, -0.15) is 13.2 Å². The van der Waals surface area contributed by atoms with Crippen molar-refractivity contribution >= 4 is 106 Å². The van der Waals surface area contributed by atoms with Crippen LogP contribution in [0.1, 0.15) is 73.5 Å². The zero-order chi connectivity index (χ0) is 60.4. The van der Waals surface area contributed by atoms with Gasteiger partial charge in [0.05, 0.1) is 72.2 Å². The maximum absolute atomic E-state index is 12.7. The van der Waals surface area contributed by atoms with Gasteiger partial charge in [0.2, 0.25) is 5.91 Å². The number of carbonyl (C=O) groups is 5. The second-order valence-corrected chi connectivity index (χ2v) is 22.5. The van der Waals surface area contributed by atoms with Crippen molar-refractivity contribution in [2.45, 2.75) is 70.3 Å². The number of esters is 2. The van der Waals surface area contributed by atoms with Crippen LogP contribution in [-0.4, -0.2) is 131 Å². The van der Waals surface area contributed by atoms with E-state index in [0.717, 1.165) is 60.0 Å². The number of carboxylic acids is 1. The number of halogens is 7. The van der Waals surface area contributed by atoms with Crippen LogP contribution in [-0.2, 0) is 72.6 Å². The highest BCUT2D eigenvalue weighted by atomic mass is 35.5. The molecule has 0 saturated carbocycles. The summed E-state index contributed by atoms with van der Waals surface area (Å²) < 4.78 is 78.9. The lowest BCUT2D eigenvalue weighted by Crippen LogP contribution is -2.45. The van der Waals surface area contributed by atoms with Gasteiger partial charge in [0.1, 0.15) is 54.9 Å². The van der Waals surface area contributed by atoms with Crippen LogP contribution in [0.25, 0.3) is 0 Å². The number of anilines is 1. The molecular weight excluding hydrogens is 1180 g/mol. The van der Waals surface area contributed by atoms with Gasteiger partial charge >= 0.3 is 24.1 Å². The second-order valence-electron chi connectivity index (χ2n) is 16.7. The summed E-state index contributed by atoms with van der Waals surface area (Å²) in [6, 6.07) is 15.1. The highest BCUT2D eigenvalue weighted by Gasteiger charge is 2.45. The molecule has 0 bridgehead atoms. The Kier molecular flexibility index (Phi) is 31.7. The lowest BCUT2D eigenvalue weighted by molar-refractivity contribution is -0.385. The SMILES string of the molecule is CC1(C)OC(c2ccco2)CN1C(=O)C(Cl)Cl.CCOC(=O)COC(=O)c1cc(Oc2ccc(C(F)(F)F)cc2Cl)ccc1[N+](=O)[O-].CCc1cccc(CC)c1N(COC)C(=O)CCl.C[S+](C)C.O=C(O)CNCP(=O)([O-])O. The predicted octanol–water partition coefficient (Wildman–Crippen LogP) is 9.14. The van der Waals surface area contributed by atoms with E-state index >= 15 is 0 Å². The highest BCUT2D eigenvalue weighted by Crippen LogP contribution is 2.39. The molecule has 2 unspecified atom stereocenters. The first kappa shape index (κ1) is 71.8. The number of aryl methyl sites for hydroxylation is 2. The van der Waals surface area contributed by atoms with Crippen LogP contribution >= 0.6 is 54.0 Å². The monoisotopic (exact) mass is 1240 g/mol. The number of nitro groups is 1. The predicted molar refractivity (Wildman–Crippen MR) is 291 cm³/mol. The Morgan fingerprint density at radius 1 is 1.00 bits per heavy atom. The van der Waals surface area contributed by atoms with E-state index in [1.807, 2.05) is 29.6 Å². The molecule has 0 spiro atoms. The third-order valence-corrected chi connectivity index (χ3v) is 11.3. The van der Waals surface area contributed by atoms with Gasteiger partial charge in [-0.3, -0.25) is 34.7 Å². The lowest BCUT2D eigenvalue weighted by atomic mass is 10.0. The van der Waals surface area contributed by atoms with Crippen LogP contribution in [0.4, 0.5) is 24.5 Å². The van der Waals surface area contributed by atoms with Crippen molar-refractivity contribution in [1.82, 2.24) is 10.2 Å². The standard InChI is InChI=1S/C18H13ClF3NO7.C14H20ClNO2.C11H13Cl2NO3.C3H8NO5P.C3H9S/c1-2-28-16(24)9-29-17(25)12-8-11(4-5-14(12)23(26)27)30-15-6-3-10(7-13(15)19)18(20,21)22;1-4-11-7-6-8-12(5-2)14(11)16(10-18-3)13(17)9-15;1-11(2)14(10(15)9(12)13)6-8(17-11)7-4-3-5-16-7;5-3(6)1-4-2-10(7,8)9;1-4(2)3/h3-8H,2,9H2,1H3;6-8H,4-5,9-10H2,1-3H3;3-5,8-9H,6H2,1-2H3;4H,1-2H2,(H,5,6)(H2,7,8,9);1-3H3/q;;;;+1/p-1. The van der Waals surface area contributed by atoms with Gasteiger partial charge in [0.25, 0.3) is 11.6 Å². The first-order valence-electron chi connectivity index (χ1n) is 23.2. The van der Waals surface area contributed by atoms with Crippen LogP contribution < -0.4 is 19.8 Å². The van der Waals surface area contributed by atoms with E-state index in [1.54, 1.807) is 38.2 Å². The smallest absolute Gasteiger partial charge is 0.416 e. The van der Waals surface area contributed by atoms with Crippen molar-refractivity contribution in [3.05, 3.63) is 116 Å². The first-order chi connectivity index (χ1) is 36.8. The molecule has 2 amide bonds. The molecule has 0 radical (unpaired) electrons. The fourth-order valence-corrected chi connectivity index (χ4v) is 7.45. The van der Waals surface area contributed by atoms with Gasteiger partial charge in [0, 0.05) is 19.2 Å². The number of alkyl halides is 6. The van der Waals surface area contributed by atoms with E-state index in [9.17, 15) is 56.7 Å². The average molecular weight is 1240 g/mol. The van der Waals surface area contributed by atoms with E-state index in [0.29, 0.717) is 29.3 Å². The van der Waals surface area contributed by atoms with Crippen LogP contribution in [0.2, 0.25) is 5.02 Å². The van der Waals surface area contributed by atoms with E-state index in [-0.39, 0.29) is 53.7 Å². The van der Waals surface area contributed by atoms with Gasteiger partial charge in [-0.1, -0.05) is 66.8 Å². The number of para-hydroxylation sites is 1. The molecule has 21 nitrogen and oxygen atoms in total. The normalized spacial score (nSPS) is 14.1.